The quantitative estimate of drug-likeness (QED) is 0.833. The number of nitrogens with one attached hydrogen (secondary N) is 1. The van der Waals surface area contributed by atoms with Gasteiger partial charge in [-0.15, -0.1) is 11.3 Å². The third-order valence-electron chi connectivity index (χ3n) is 2.27. The van der Waals surface area contributed by atoms with Crippen LogP contribution in [0.2, 0.25) is 0 Å². The zero-order valence-corrected chi connectivity index (χ0v) is 9.32. The minimum absolute atomic E-state index is 1.03. The van der Waals surface area contributed by atoms with Crippen LogP contribution in [0.4, 0.5) is 5.82 Å². The molecule has 0 radical (unpaired) electrons. The Kier molecular flexibility index (Phi) is 2.68. The van der Waals surface area contributed by atoms with Gasteiger partial charge in [-0.3, -0.25) is 0 Å². The van der Waals surface area contributed by atoms with E-state index >= 15 is 0 Å². The average molecular weight is 206 g/mol. The van der Waals surface area contributed by atoms with Crippen LogP contribution in [0.5, 0.6) is 0 Å². The zero-order chi connectivity index (χ0) is 9.97. The van der Waals surface area contributed by atoms with Crippen molar-refractivity contribution in [3.8, 4) is 0 Å². The highest BCUT2D eigenvalue weighted by molar-refractivity contribution is 7.17. The van der Waals surface area contributed by atoms with Gasteiger partial charge >= 0.3 is 0 Å². The first-order valence-corrected chi connectivity index (χ1v) is 5.78. The second-order valence-electron chi connectivity index (χ2n) is 3.30. The van der Waals surface area contributed by atoms with Crippen LogP contribution in [0.15, 0.2) is 17.5 Å². The Hall–Kier alpha value is -1.09. The van der Waals surface area contributed by atoms with Crippen molar-refractivity contribution in [1.29, 1.82) is 0 Å². The summed E-state index contributed by atoms with van der Waals surface area (Å²) < 4.78 is 1.28. The molecule has 0 saturated heterocycles. The normalized spacial score (nSPS) is 10.7. The van der Waals surface area contributed by atoms with E-state index < -0.39 is 0 Å². The molecule has 2 aromatic rings. The Morgan fingerprint density at radius 2 is 2.36 bits per heavy atom. The van der Waals surface area contributed by atoms with E-state index in [4.69, 9.17) is 0 Å². The van der Waals surface area contributed by atoms with Crippen LogP contribution in [0.3, 0.4) is 0 Å². The summed E-state index contributed by atoms with van der Waals surface area (Å²) in [6.07, 6.45) is 2.25. The Labute approximate surface area is 88.0 Å². The van der Waals surface area contributed by atoms with Crippen LogP contribution >= 0.6 is 11.3 Å². The molecule has 0 aromatic carbocycles. The van der Waals surface area contributed by atoms with Crippen molar-refractivity contribution in [1.82, 2.24) is 4.98 Å². The minimum atomic E-state index is 1.03. The molecule has 2 nitrogen and oxygen atoms in total. The number of rotatable bonds is 3. The van der Waals surface area contributed by atoms with E-state index in [2.05, 4.69) is 34.7 Å². The summed E-state index contributed by atoms with van der Waals surface area (Å²) in [5.41, 5.74) is 2.42. The summed E-state index contributed by atoms with van der Waals surface area (Å²) in [5.74, 6) is 1.03. The number of aryl methyl sites for hydroxylation is 1. The number of fused-ring (bicyclic) bond motifs is 1. The van der Waals surface area contributed by atoms with E-state index in [0.29, 0.717) is 0 Å². The van der Waals surface area contributed by atoms with Crippen LogP contribution in [0.25, 0.3) is 10.2 Å². The average Bonchev–Trinajstić information content (AvgIpc) is 2.64. The summed E-state index contributed by atoms with van der Waals surface area (Å²) in [6.45, 7) is 2.19. The van der Waals surface area contributed by atoms with Crippen molar-refractivity contribution in [3.63, 3.8) is 0 Å². The predicted molar refractivity (Wildman–Crippen MR) is 63.2 cm³/mol. The van der Waals surface area contributed by atoms with Crippen LogP contribution < -0.4 is 5.32 Å². The van der Waals surface area contributed by atoms with Gasteiger partial charge in [0.05, 0.1) is 10.2 Å². The molecule has 1 N–H and O–H groups in total. The first kappa shape index (κ1) is 9.46. The third kappa shape index (κ3) is 1.60. The van der Waals surface area contributed by atoms with Crippen molar-refractivity contribution < 1.29 is 0 Å². The predicted octanol–water partition coefficient (Wildman–Crippen LogP) is 3.29. The summed E-state index contributed by atoms with van der Waals surface area (Å²) >= 11 is 1.76. The molecule has 0 fully saturated rings. The van der Waals surface area contributed by atoms with Gasteiger partial charge in [-0.1, -0.05) is 13.3 Å². The van der Waals surface area contributed by atoms with Gasteiger partial charge in [0.2, 0.25) is 0 Å². The van der Waals surface area contributed by atoms with Gasteiger partial charge in [0.1, 0.15) is 5.82 Å². The molecule has 0 saturated carbocycles. The molecular weight excluding hydrogens is 192 g/mol. The second kappa shape index (κ2) is 3.96. The summed E-state index contributed by atoms with van der Waals surface area (Å²) in [6, 6.07) is 4.32. The lowest BCUT2D eigenvalue weighted by Crippen LogP contribution is -1.98. The van der Waals surface area contributed by atoms with Gasteiger partial charge in [0.15, 0.2) is 0 Å². The summed E-state index contributed by atoms with van der Waals surface area (Å²) in [7, 11) is 1.93. The maximum atomic E-state index is 4.57. The van der Waals surface area contributed by atoms with Gasteiger partial charge in [-0.2, -0.15) is 0 Å². The Bertz CT molecular complexity index is 434. The van der Waals surface area contributed by atoms with Crippen molar-refractivity contribution in [2.45, 2.75) is 19.8 Å². The number of hydrogen-bond donors (Lipinski definition) is 1. The second-order valence-corrected chi connectivity index (χ2v) is 4.25. The fourth-order valence-corrected chi connectivity index (χ4v) is 2.40. The molecule has 0 aliphatic carbocycles. The highest BCUT2D eigenvalue weighted by atomic mass is 32.1. The molecule has 14 heavy (non-hydrogen) atoms. The molecule has 0 spiro atoms. The number of aromatic nitrogens is 1. The molecule has 0 atom stereocenters. The number of pyridine rings is 1. The van der Waals surface area contributed by atoms with E-state index in [-0.39, 0.29) is 0 Å². The molecule has 0 amide bonds. The minimum Gasteiger partial charge on any atom is -0.373 e. The largest absolute Gasteiger partial charge is 0.373 e. The molecular formula is C11H14N2S. The van der Waals surface area contributed by atoms with Gasteiger partial charge in [-0.05, 0) is 29.5 Å². The lowest BCUT2D eigenvalue weighted by atomic mass is 10.1. The first-order chi connectivity index (χ1) is 6.85. The number of anilines is 1. The smallest absolute Gasteiger partial charge is 0.129 e. The fourth-order valence-electron chi connectivity index (χ4n) is 1.61. The Balaban J connectivity index is 2.54. The first-order valence-electron chi connectivity index (χ1n) is 4.90. The Morgan fingerprint density at radius 3 is 3.07 bits per heavy atom. The highest BCUT2D eigenvalue weighted by Gasteiger charge is 2.05. The maximum absolute atomic E-state index is 4.57. The molecule has 2 rings (SSSR count). The molecule has 2 heterocycles. The lowest BCUT2D eigenvalue weighted by molar-refractivity contribution is 0.919. The summed E-state index contributed by atoms with van der Waals surface area (Å²) in [4.78, 5) is 4.57. The van der Waals surface area contributed by atoms with E-state index in [1.807, 2.05) is 7.05 Å². The van der Waals surface area contributed by atoms with Crippen LogP contribution in [-0.4, -0.2) is 12.0 Å². The number of hydrogen-bond acceptors (Lipinski definition) is 3. The standard InChI is InChI=1S/C11H14N2S/c1-3-4-8-7-10-9(5-6-14-10)13-11(8)12-2/h5-7H,3-4H2,1-2H3,(H,12,13). The van der Waals surface area contributed by atoms with Crippen LogP contribution in [0, 0.1) is 0 Å². The number of thiophene rings is 1. The lowest BCUT2D eigenvalue weighted by Gasteiger charge is -2.06. The van der Waals surface area contributed by atoms with Gasteiger partial charge in [-0.25, -0.2) is 4.98 Å². The van der Waals surface area contributed by atoms with E-state index in [0.717, 1.165) is 24.2 Å². The third-order valence-corrected chi connectivity index (χ3v) is 3.12. The molecule has 0 unspecified atom stereocenters. The fraction of sp³-hybridized carbons (Fsp3) is 0.364. The van der Waals surface area contributed by atoms with E-state index in [1.165, 1.54) is 10.3 Å². The van der Waals surface area contributed by atoms with Crippen LogP contribution in [-0.2, 0) is 6.42 Å². The highest BCUT2D eigenvalue weighted by Crippen LogP contribution is 2.25. The van der Waals surface area contributed by atoms with Crippen molar-refractivity contribution in [3.05, 3.63) is 23.1 Å². The topological polar surface area (TPSA) is 24.9 Å². The van der Waals surface area contributed by atoms with E-state index in [9.17, 15) is 0 Å². The van der Waals surface area contributed by atoms with Gasteiger partial charge < -0.3 is 5.32 Å². The molecule has 0 aliphatic heterocycles. The molecule has 0 aliphatic rings. The molecule has 3 heteroatoms. The maximum Gasteiger partial charge on any atom is 0.129 e. The molecule has 74 valence electrons. The SMILES string of the molecule is CCCc1cc2sccc2nc1NC. The summed E-state index contributed by atoms with van der Waals surface area (Å²) in [5, 5.41) is 5.25. The Morgan fingerprint density at radius 1 is 1.50 bits per heavy atom. The molecule has 0 bridgehead atoms. The van der Waals surface area contributed by atoms with Crippen molar-refractivity contribution >= 4 is 27.4 Å². The van der Waals surface area contributed by atoms with E-state index in [1.54, 1.807) is 11.3 Å². The molecule has 2 aromatic heterocycles. The van der Waals surface area contributed by atoms with Crippen molar-refractivity contribution in [2.24, 2.45) is 0 Å². The monoisotopic (exact) mass is 206 g/mol. The van der Waals surface area contributed by atoms with Gasteiger partial charge in [0.25, 0.3) is 0 Å². The zero-order valence-electron chi connectivity index (χ0n) is 8.50. The van der Waals surface area contributed by atoms with Crippen LogP contribution in [0.1, 0.15) is 18.9 Å². The van der Waals surface area contributed by atoms with Crippen molar-refractivity contribution in [2.75, 3.05) is 12.4 Å². The number of nitrogens with zero attached hydrogens (tertiary/aromatic N) is 1. The van der Waals surface area contributed by atoms with Gasteiger partial charge in [0, 0.05) is 7.05 Å².